The van der Waals surface area contributed by atoms with E-state index in [2.05, 4.69) is 21.0 Å². The standard InChI is InChI=1S/C28H29F3N6O3/c1-4-18-17-36(27(38)20-9-12-24(39-5-2)35-25(20)28(29,30)31)14-15-37(18)23-11-10-21(34-22(23)16-32)19-8-7-13-33-26(19)40-6-3/h7-13,18H,4-6,14-15,17H2,1-3H3/t18-/m1/s1. The molecule has 4 heterocycles. The number of hydrogen-bond donors (Lipinski definition) is 0. The predicted octanol–water partition coefficient (Wildman–Crippen LogP) is 4.97. The molecule has 40 heavy (non-hydrogen) atoms. The number of alkyl halides is 3. The molecule has 1 amide bonds. The van der Waals surface area contributed by atoms with Crippen LogP contribution in [0.5, 0.6) is 11.8 Å². The van der Waals surface area contributed by atoms with Crippen LogP contribution in [-0.4, -0.2) is 64.6 Å². The van der Waals surface area contributed by atoms with Crippen LogP contribution < -0.4 is 14.4 Å². The van der Waals surface area contributed by atoms with Crippen molar-refractivity contribution in [3.63, 3.8) is 0 Å². The molecule has 12 heteroatoms. The van der Waals surface area contributed by atoms with Crippen LogP contribution in [0.1, 0.15) is 48.9 Å². The van der Waals surface area contributed by atoms with Crippen molar-refractivity contribution in [1.82, 2.24) is 19.9 Å². The SMILES string of the molecule is CCOc1ccc(C(=O)N2CCN(c3ccc(-c4cccnc4OCC)nc3C#N)[C@H](CC)C2)c(C(F)(F)F)n1. The van der Waals surface area contributed by atoms with Gasteiger partial charge in [-0.15, -0.1) is 0 Å². The molecule has 0 aromatic carbocycles. The van der Waals surface area contributed by atoms with Gasteiger partial charge in [0.05, 0.1) is 35.7 Å². The van der Waals surface area contributed by atoms with Gasteiger partial charge in [0.2, 0.25) is 11.8 Å². The number of nitriles is 1. The second-order valence-corrected chi connectivity index (χ2v) is 8.95. The summed E-state index contributed by atoms with van der Waals surface area (Å²) in [5.41, 5.74) is 0.167. The van der Waals surface area contributed by atoms with E-state index in [0.717, 1.165) is 6.07 Å². The number of carbonyl (C=O) groups excluding carboxylic acids is 1. The Kier molecular flexibility index (Phi) is 8.72. The van der Waals surface area contributed by atoms with Crippen molar-refractivity contribution in [3.8, 4) is 29.1 Å². The zero-order valence-electron chi connectivity index (χ0n) is 22.4. The fourth-order valence-corrected chi connectivity index (χ4v) is 4.69. The number of piperazine rings is 1. The van der Waals surface area contributed by atoms with E-state index in [9.17, 15) is 23.2 Å². The Hall–Kier alpha value is -4.40. The number of amides is 1. The molecule has 0 saturated carbocycles. The summed E-state index contributed by atoms with van der Waals surface area (Å²) < 4.78 is 52.1. The molecule has 4 rings (SSSR count). The largest absolute Gasteiger partial charge is 0.478 e. The van der Waals surface area contributed by atoms with Crippen molar-refractivity contribution >= 4 is 11.6 Å². The molecule has 1 fully saturated rings. The van der Waals surface area contributed by atoms with Crippen LogP contribution in [0.4, 0.5) is 18.9 Å². The topological polar surface area (TPSA) is 104 Å². The average molecular weight is 555 g/mol. The van der Waals surface area contributed by atoms with E-state index in [1.54, 1.807) is 31.3 Å². The molecule has 0 radical (unpaired) electrons. The Morgan fingerprint density at radius 1 is 1.07 bits per heavy atom. The summed E-state index contributed by atoms with van der Waals surface area (Å²) in [5, 5.41) is 9.93. The van der Waals surface area contributed by atoms with Gasteiger partial charge in [-0.2, -0.15) is 18.4 Å². The first-order valence-corrected chi connectivity index (χ1v) is 13.0. The summed E-state index contributed by atoms with van der Waals surface area (Å²) in [6.07, 6.45) is -2.63. The molecule has 0 aliphatic carbocycles. The summed E-state index contributed by atoms with van der Waals surface area (Å²) in [5.74, 6) is -0.535. The van der Waals surface area contributed by atoms with Crippen LogP contribution in [0.2, 0.25) is 0 Å². The number of pyridine rings is 3. The van der Waals surface area contributed by atoms with E-state index in [0.29, 0.717) is 42.4 Å². The highest BCUT2D eigenvalue weighted by atomic mass is 19.4. The number of hydrogen-bond acceptors (Lipinski definition) is 8. The minimum absolute atomic E-state index is 0.147. The number of carbonyl (C=O) groups is 1. The molecule has 3 aromatic rings. The van der Waals surface area contributed by atoms with Gasteiger partial charge in [-0.3, -0.25) is 4.79 Å². The van der Waals surface area contributed by atoms with Crippen molar-refractivity contribution in [2.45, 2.75) is 39.4 Å². The first-order chi connectivity index (χ1) is 19.2. The Morgan fingerprint density at radius 2 is 1.85 bits per heavy atom. The van der Waals surface area contributed by atoms with Gasteiger partial charge in [-0.05, 0) is 50.6 Å². The van der Waals surface area contributed by atoms with Gasteiger partial charge < -0.3 is 19.3 Å². The van der Waals surface area contributed by atoms with E-state index in [1.807, 2.05) is 24.8 Å². The predicted molar refractivity (Wildman–Crippen MR) is 141 cm³/mol. The van der Waals surface area contributed by atoms with Crippen molar-refractivity contribution in [2.75, 3.05) is 37.7 Å². The lowest BCUT2D eigenvalue weighted by atomic mass is 10.0. The van der Waals surface area contributed by atoms with Crippen molar-refractivity contribution in [1.29, 1.82) is 5.26 Å². The number of halogens is 3. The summed E-state index contributed by atoms with van der Waals surface area (Å²) >= 11 is 0. The fourth-order valence-electron chi connectivity index (χ4n) is 4.69. The summed E-state index contributed by atoms with van der Waals surface area (Å²) in [6, 6.07) is 11.4. The van der Waals surface area contributed by atoms with Gasteiger partial charge in [-0.25, -0.2) is 15.0 Å². The van der Waals surface area contributed by atoms with Crippen LogP contribution in [0, 0.1) is 11.3 Å². The first-order valence-electron chi connectivity index (χ1n) is 13.0. The number of ether oxygens (including phenoxy) is 2. The normalized spacial score (nSPS) is 15.5. The van der Waals surface area contributed by atoms with Gasteiger partial charge >= 0.3 is 6.18 Å². The van der Waals surface area contributed by atoms with Gasteiger partial charge in [0.1, 0.15) is 6.07 Å². The highest BCUT2D eigenvalue weighted by Crippen LogP contribution is 2.34. The van der Waals surface area contributed by atoms with E-state index >= 15 is 0 Å². The highest BCUT2D eigenvalue weighted by molar-refractivity contribution is 5.95. The molecule has 1 aliphatic heterocycles. The first kappa shape index (κ1) is 28.6. The fraction of sp³-hybridized carbons (Fsp3) is 0.393. The van der Waals surface area contributed by atoms with E-state index < -0.39 is 23.3 Å². The molecule has 1 atom stereocenters. The molecular weight excluding hydrogens is 525 g/mol. The zero-order valence-corrected chi connectivity index (χ0v) is 22.4. The van der Waals surface area contributed by atoms with Gasteiger partial charge in [0, 0.05) is 37.9 Å². The summed E-state index contributed by atoms with van der Waals surface area (Å²) in [7, 11) is 0. The quantitative estimate of drug-likeness (QED) is 0.385. The third-order valence-electron chi connectivity index (χ3n) is 6.52. The van der Waals surface area contributed by atoms with Gasteiger partial charge in [-0.1, -0.05) is 6.92 Å². The highest BCUT2D eigenvalue weighted by Gasteiger charge is 2.40. The Balaban J connectivity index is 1.60. The van der Waals surface area contributed by atoms with Crippen molar-refractivity contribution < 1.29 is 27.4 Å². The molecule has 0 spiro atoms. The number of anilines is 1. The van der Waals surface area contributed by atoms with Crippen LogP contribution in [0.15, 0.2) is 42.6 Å². The van der Waals surface area contributed by atoms with E-state index in [-0.39, 0.29) is 37.3 Å². The van der Waals surface area contributed by atoms with E-state index in [4.69, 9.17) is 9.47 Å². The molecule has 1 aliphatic rings. The monoisotopic (exact) mass is 554 g/mol. The molecule has 0 bridgehead atoms. The number of nitrogens with zero attached hydrogens (tertiary/aromatic N) is 6. The number of aromatic nitrogens is 3. The minimum Gasteiger partial charge on any atom is -0.478 e. The molecule has 0 N–H and O–H groups in total. The van der Waals surface area contributed by atoms with Crippen LogP contribution in [0.25, 0.3) is 11.3 Å². The van der Waals surface area contributed by atoms with Crippen molar-refractivity contribution in [2.24, 2.45) is 0 Å². The Morgan fingerprint density at radius 3 is 2.52 bits per heavy atom. The van der Waals surface area contributed by atoms with Crippen LogP contribution >= 0.6 is 0 Å². The van der Waals surface area contributed by atoms with Gasteiger partial charge in [0.15, 0.2) is 11.4 Å². The smallest absolute Gasteiger partial charge is 0.434 e. The Labute approximate surface area is 230 Å². The van der Waals surface area contributed by atoms with Crippen LogP contribution in [0.3, 0.4) is 0 Å². The minimum atomic E-state index is -4.82. The molecular formula is C28H29F3N6O3. The lowest BCUT2D eigenvalue weighted by molar-refractivity contribution is -0.141. The second-order valence-electron chi connectivity index (χ2n) is 8.95. The molecule has 9 nitrogen and oxygen atoms in total. The lowest BCUT2D eigenvalue weighted by Crippen LogP contribution is -2.55. The molecule has 1 saturated heterocycles. The zero-order chi connectivity index (χ0) is 28.9. The number of rotatable bonds is 8. The average Bonchev–Trinajstić information content (AvgIpc) is 2.96. The Bertz CT molecular complexity index is 1410. The molecule has 210 valence electrons. The lowest BCUT2D eigenvalue weighted by Gasteiger charge is -2.42. The third kappa shape index (κ3) is 5.93. The van der Waals surface area contributed by atoms with Crippen LogP contribution in [-0.2, 0) is 6.18 Å². The summed E-state index contributed by atoms with van der Waals surface area (Å²) in [4.78, 5) is 29.0. The van der Waals surface area contributed by atoms with Crippen molar-refractivity contribution in [3.05, 3.63) is 59.5 Å². The maximum absolute atomic E-state index is 13.8. The maximum Gasteiger partial charge on any atom is 0.434 e. The summed E-state index contributed by atoms with van der Waals surface area (Å²) in [6.45, 7) is 6.61. The van der Waals surface area contributed by atoms with E-state index in [1.165, 1.54) is 11.0 Å². The molecule has 3 aromatic heterocycles. The second kappa shape index (κ2) is 12.2. The molecule has 0 unspecified atom stereocenters. The van der Waals surface area contributed by atoms with Gasteiger partial charge in [0.25, 0.3) is 5.91 Å². The maximum atomic E-state index is 13.8. The third-order valence-corrected chi connectivity index (χ3v) is 6.52.